The van der Waals surface area contributed by atoms with Gasteiger partial charge in [0.2, 0.25) is 0 Å². The van der Waals surface area contributed by atoms with Gasteiger partial charge < -0.3 is 10.2 Å². The first kappa shape index (κ1) is 12.5. The zero-order chi connectivity index (χ0) is 12.4. The Morgan fingerprint density at radius 1 is 1.35 bits per heavy atom. The van der Waals surface area contributed by atoms with Crippen LogP contribution in [-0.2, 0) is 0 Å². The molecule has 4 heteroatoms. The van der Waals surface area contributed by atoms with Crippen LogP contribution in [-0.4, -0.2) is 32.1 Å². The Labute approximate surface area is 101 Å². The molecule has 94 valence electrons. The van der Waals surface area contributed by atoms with Gasteiger partial charge >= 0.3 is 0 Å². The largest absolute Gasteiger partial charge is 0.316 e. The Hall–Kier alpha value is -1.00. The number of rotatable bonds is 3. The van der Waals surface area contributed by atoms with Crippen molar-refractivity contribution >= 4 is 0 Å². The summed E-state index contributed by atoms with van der Waals surface area (Å²) in [5.41, 5.74) is 0.588. The van der Waals surface area contributed by atoms with Gasteiger partial charge in [0, 0.05) is 17.7 Å². The van der Waals surface area contributed by atoms with Crippen LogP contribution in [0.25, 0.3) is 0 Å². The van der Waals surface area contributed by atoms with E-state index in [0.717, 1.165) is 25.6 Å². The molecular formula is C13H18F2N2. The van der Waals surface area contributed by atoms with Crippen LogP contribution in [0, 0.1) is 17.6 Å². The zero-order valence-corrected chi connectivity index (χ0v) is 10.2. The van der Waals surface area contributed by atoms with Crippen molar-refractivity contribution in [1.82, 2.24) is 10.2 Å². The van der Waals surface area contributed by atoms with Gasteiger partial charge in [0.15, 0.2) is 0 Å². The predicted octanol–water partition coefficient (Wildman–Crippen LogP) is 2.18. The standard InChI is InChI=1S/C13H18F2N2/c1-17(2)13(9-5-6-16-8-9)11-4-3-10(14)7-12(11)15/h3-4,7,9,13,16H,5-6,8H2,1-2H3. The minimum absolute atomic E-state index is 0.00519. The SMILES string of the molecule is CN(C)C(c1ccc(F)cc1F)C1CCNC1. The summed E-state index contributed by atoms with van der Waals surface area (Å²) in [4.78, 5) is 2.01. The molecule has 1 fully saturated rings. The molecule has 0 spiro atoms. The molecule has 2 rings (SSSR count). The van der Waals surface area contributed by atoms with E-state index in [1.807, 2.05) is 19.0 Å². The minimum Gasteiger partial charge on any atom is -0.316 e. The third-order valence-corrected chi connectivity index (χ3v) is 3.38. The Balaban J connectivity index is 2.31. The molecule has 0 radical (unpaired) electrons. The highest BCUT2D eigenvalue weighted by molar-refractivity contribution is 5.23. The van der Waals surface area contributed by atoms with E-state index in [9.17, 15) is 8.78 Å². The first-order chi connectivity index (χ1) is 8.09. The summed E-state index contributed by atoms with van der Waals surface area (Å²) in [6, 6.07) is 3.87. The van der Waals surface area contributed by atoms with Crippen molar-refractivity contribution < 1.29 is 8.78 Å². The van der Waals surface area contributed by atoms with Gasteiger partial charge in [-0.25, -0.2) is 8.78 Å². The van der Waals surface area contributed by atoms with Gasteiger partial charge in [0.05, 0.1) is 0 Å². The van der Waals surface area contributed by atoms with Crippen LogP contribution in [0.4, 0.5) is 8.78 Å². The first-order valence-corrected chi connectivity index (χ1v) is 5.91. The quantitative estimate of drug-likeness (QED) is 0.871. The zero-order valence-electron chi connectivity index (χ0n) is 10.2. The predicted molar refractivity (Wildman–Crippen MR) is 63.8 cm³/mol. The average molecular weight is 240 g/mol. The highest BCUT2D eigenvalue weighted by Crippen LogP contribution is 2.32. The highest BCUT2D eigenvalue weighted by atomic mass is 19.1. The smallest absolute Gasteiger partial charge is 0.130 e. The summed E-state index contributed by atoms with van der Waals surface area (Å²) < 4.78 is 26.8. The van der Waals surface area contributed by atoms with E-state index >= 15 is 0 Å². The summed E-state index contributed by atoms with van der Waals surface area (Å²) in [6.07, 6.45) is 1.03. The maximum absolute atomic E-state index is 13.8. The number of benzene rings is 1. The molecular weight excluding hydrogens is 222 g/mol. The minimum atomic E-state index is -0.520. The number of nitrogens with one attached hydrogen (secondary N) is 1. The lowest BCUT2D eigenvalue weighted by molar-refractivity contribution is 0.217. The van der Waals surface area contributed by atoms with E-state index in [-0.39, 0.29) is 6.04 Å². The van der Waals surface area contributed by atoms with E-state index in [1.54, 1.807) is 6.07 Å². The van der Waals surface area contributed by atoms with Crippen molar-refractivity contribution in [2.45, 2.75) is 12.5 Å². The van der Waals surface area contributed by atoms with Crippen LogP contribution in [0.15, 0.2) is 18.2 Å². The second-order valence-electron chi connectivity index (χ2n) is 4.83. The van der Waals surface area contributed by atoms with Crippen molar-refractivity contribution in [3.63, 3.8) is 0 Å². The van der Waals surface area contributed by atoms with E-state index in [1.165, 1.54) is 6.07 Å². The fraction of sp³-hybridized carbons (Fsp3) is 0.538. The Morgan fingerprint density at radius 2 is 2.12 bits per heavy atom. The molecule has 1 heterocycles. The third kappa shape index (κ3) is 2.64. The van der Waals surface area contributed by atoms with Gasteiger partial charge in [0.25, 0.3) is 0 Å². The molecule has 0 amide bonds. The number of halogens is 2. The summed E-state index contributed by atoms with van der Waals surface area (Å²) >= 11 is 0. The van der Waals surface area contributed by atoms with Gasteiger partial charge in [-0.2, -0.15) is 0 Å². The van der Waals surface area contributed by atoms with Crippen molar-refractivity contribution in [1.29, 1.82) is 0 Å². The van der Waals surface area contributed by atoms with Crippen LogP contribution in [0.5, 0.6) is 0 Å². The van der Waals surface area contributed by atoms with Crippen LogP contribution in [0.3, 0.4) is 0 Å². The number of nitrogens with zero attached hydrogens (tertiary/aromatic N) is 1. The van der Waals surface area contributed by atoms with Crippen LogP contribution >= 0.6 is 0 Å². The van der Waals surface area contributed by atoms with Crippen LogP contribution in [0.2, 0.25) is 0 Å². The van der Waals surface area contributed by atoms with E-state index < -0.39 is 11.6 Å². The normalized spacial score (nSPS) is 22.1. The molecule has 1 aliphatic rings. The average Bonchev–Trinajstić information content (AvgIpc) is 2.74. The fourth-order valence-corrected chi connectivity index (χ4v) is 2.64. The Kier molecular flexibility index (Phi) is 3.74. The van der Waals surface area contributed by atoms with Crippen LogP contribution in [0.1, 0.15) is 18.0 Å². The molecule has 1 N–H and O–H groups in total. The Bertz CT molecular complexity index is 387. The van der Waals surface area contributed by atoms with Gasteiger partial charge in [-0.3, -0.25) is 0 Å². The molecule has 0 saturated carbocycles. The summed E-state index contributed by atoms with van der Waals surface area (Å²) in [5.74, 6) is -0.589. The van der Waals surface area contributed by atoms with Crippen molar-refractivity contribution in [3.05, 3.63) is 35.4 Å². The molecule has 1 saturated heterocycles. The second kappa shape index (κ2) is 5.10. The first-order valence-electron chi connectivity index (χ1n) is 5.91. The second-order valence-corrected chi connectivity index (χ2v) is 4.83. The van der Waals surface area contributed by atoms with E-state index in [2.05, 4.69) is 5.32 Å². The molecule has 1 aromatic rings. The van der Waals surface area contributed by atoms with Crippen molar-refractivity contribution in [2.24, 2.45) is 5.92 Å². The molecule has 0 aromatic heterocycles. The molecule has 2 unspecified atom stereocenters. The molecule has 17 heavy (non-hydrogen) atoms. The van der Waals surface area contributed by atoms with Gasteiger partial charge in [-0.15, -0.1) is 0 Å². The summed E-state index contributed by atoms with van der Waals surface area (Å²) in [7, 11) is 3.87. The monoisotopic (exact) mass is 240 g/mol. The number of hydrogen-bond donors (Lipinski definition) is 1. The topological polar surface area (TPSA) is 15.3 Å². The van der Waals surface area contributed by atoms with Gasteiger partial charge in [-0.1, -0.05) is 6.07 Å². The Morgan fingerprint density at radius 3 is 2.65 bits per heavy atom. The van der Waals surface area contributed by atoms with Crippen LogP contribution < -0.4 is 5.32 Å². The van der Waals surface area contributed by atoms with Gasteiger partial charge in [0.1, 0.15) is 11.6 Å². The van der Waals surface area contributed by atoms with Crippen molar-refractivity contribution in [2.75, 3.05) is 27.2 Å². The lowest BCUT2D eigenvalue weighted by atomic mass is 9.91. The third-order valence-electron chi connectivity index (χ3n) is 3.38. The maximum Gasteiger partial charge on any atom is 0.130 e. The lowest BCUT2D eigenvalue weighted by Gasteiger charge is -2.30. The lowest BCUT2D eigenvalue weighted by Crippen LogP contribution is -2.29. The van der Waals surface area contributed by atoms with E-state index in [0.29, 0.717) is 11.5 Å². The molecule has 1 aromatic carbocycles. The highest BCUT2D eigenvalue weighted by Gasteiger charge is 2.29. The maximum atomic E-state index is 13.8. The molecule has 0 aliphatic carbocycles. The fourth-order valence-electron chi connectivity index (χ4n) is 2.64. The number of hydrogen-bond acceptors (Lipinski definition) is 2. The summed E-state index contributed by atoms with van der Waals surface area (Å²) in [5, 5.41) is 3.29. The molecule has 2 atom stereocenters. The molecule has 0 bridgehead atoms. The summed E-state index contributed by atoms with van der Waals surface area (Å²) in [6.45, 7) is 1.86. The van der Waals surface area contributed by atoms with Crippen molar-refractivity contribution in [3.8, 4) is 0 Å². The molecule has 2 nitrogen and oxygen atoms in total. The van der Waals surface area contributed by atoms with E-state index in [4.69, 9.17) is 0 Å². The van der Waals surface area contributed by atoms with Gasteiger partial charge in [-0.05, 0) is 45.6 Å². The molecule has 1 aliphatic heterocycles.